The van der Waals surface area contributed by atoms with Crippen LogP contribution < -0.4 is 15.0 Å². The Kier molecular flexibility index (Phi) is 5.90. The Morgan fingerprint density at radius 3 is 2.60 bits per heavy atom. The Bertz CT molecular complexity index is 988. The number of carbonyl (C=O) groups is 3. The van der Waals surface area contributed by atoms with Gasteiger partial charge in [-0.1, -0.05) is 23.7 Å². The van der Waals surface area contributed by atoms with Gasteiger partial charge in [0.2, 0.25) is 5.91 Å². The van der Waals surface area contributed by atoms with Gasteiger partial charge in [-0.3, -0.25) is 19.3 Å². The molecule has 3 amide bonds. The molecule has 0 aromatic heterocycles. The largest absolute Gasteiger partial charge is 0.482 e. The number of fused-ring (bicyclic) bond motifs is 1. The van der Waals surface area contributed by atoms with E-state index in [1.165, 1.54) is 4.90 Å². The van der Waals surface area contributed by atoms with Gasteiger partial charge in [-0.05, 0) is 49.6 Å². The molecule has 0 atom stereocenters. The molecule has 0 bridgehead atoms. The summed E-state index contributed by atoms with van der Waals surface area (Å²) in [5.74, 6) is -0.236. The molecule has 1 fully saturated rings. The van der Waals surface area contributed by atoms with Crippen LogP contribution in [0.1, 0.15) is 29.6 Å². The average molecular weight is 428 g/mol. The van der Waals surface area contributed by atoms with Crippen LogP contribution in [0.2, 0.25) is 5.02 Å². The number of likely N-dealkylation sites (tertiary alicyclic amines) is 1. The van der Waals surface area contributed by atoms with Crippen molar-refractivity contribution < 1.29 is 19.1 Å². The summed E-state index contributed by atoms with van der Waals surface area (Å²) in [6.45, 7) is 1.28. The van der Waals surface area contributed by atoms with Crippen molar-refractivity contribution in [3.05, 3.63) is 53.1 Å². The number of rotatable bonds is 4. The third kappa shape index (κ3) is 4.26. The molecule has 0 radical (unpaired) electrons. The minimum absolute atomic E-state index is 0.0445. The van der Waals surface area contributed by atoms with Gasteiger partial charge in [-0.15, -0.1) is 0 Å². The SMILES string of the molecule is O=C(Nc1ccc2c(c1)N(CC(=O)N1CCCCC1)C(=O)CO2)c1ccccc1Cl. The maximum atomic E-state index is 12.7. The van der Waals surface area contributed by atoms with Crippen molar-refractivity contribution in [1.82, 2.24) is 4.90 Å². The Morgan fingerprint density at radius 2 is 1.83 bits per heavy atom. The lowest BCUT2D eigenvalue weighted by Gasteiger charge is -2.33. The number of piperidine rings is 1. The first-order valence-electron chi connectivity index (χ1n) is 9.94. The van der Waals surface area contributed by atoms with E-state index in [-0.39, 0.29) is 30.9 Å². The predicted octanol–water partition coefficient (Wildman–Crippen LogP) is 3.33. The number of benzene rings is 2. The van der Waals surface area contributed by atoms with Gasteiger partial charge >= 0.3 is 0 Å². The molecule has 2 aliphatic heterocycles. The summed E-state index contributed by atoms with van der Waals surface area (Å²) < 4.78 is 5.51. The van der Waals surface area contributed by atoms with Gasteiger partial charge in [0.1, 0.15) is 12.3 Å². The molecule has 2 aromatic carbocycles. The maximum Gasteiger partial charge on any atom is 0.265 e. The standard InChI is InChI=1S/C22H22ClN3O4/c23-17-7-3-2-6-16(17)22(29)24-15-8-9-19-18(12-15)26(21(28)14-30-19)13-20(27)25-10-4-1-5-11-25/h2-3,6-9,12H,1,4-5,10-11,13-14H2,(H,24,29). The van der Waals surface area contributed by atoms with Crippen LogP contribution in [0.25, 0.3) is 0 Å². The molecule has 2 aromatic rings. The summed E-state index contributed by atoms with van der Waals surface area (Å²) in [5.41, 5.74) is 1.29. The van der Waals surface area contributed by atoms with E-state index in [4.69, 9.17) is 16.3 Å². The summed E-state index contributed by atoms with van der Waals surface area (Å²) in [6, 6.07) is 11.8. The van der Waals surface area contributed by atoms with Gasteiger partial charge in [0.05, 0.1) is 16.3 Å². The third-order valence-electron chi connectivity index (χ3n) is 5.28. The quantitative estimate of drug-likeness (QED) is 0.811. The molecule has 1 saturated heterocycles. The Balaban J connectivity index is 1.54. The van der Waals surface area contributed by atoms with Gasteiger partial charge in [0.25, 0.3) is 11.8 Å². The van der Waals surface area contributed by atoms with E-state index in [0.29, 0.717) is 27.7 Å². The van der Waals surface area contributed by atoms with Gasteiger partial charge in [0, 0.05) is 18.8 Å². The molecule has 0 aliphatic carbocycles. The summed E-state index contributed by atoms with van der Waals surface area (Å²) in [7, 11) is 0. The van der Waals surface area contributed by atoms with E-state index >= 15 is 0 Å². The summed E-state index contributed by atoms with van der Waals surface area (Å²) in [4.78, 5) is 41.0. The van der Waals surface area contributed by atoms with Crippen LogP contribution in [0.15, 0.2) is 42.5 Å². The molecule has 2 heterocycles. The van der Waals surface area contributed by atoms with Crippen molar-refractivity contribution in [2.45, 2.75) is 19.3 Å². The molecular formula is C22H22ClN3O4. The number of hydrogen-bond acceptors (Lipinski definition) is 4. The fourth-order valence-corrected chi connectivity index (χ4v) is 3.90. The molecule has 8 heteroatoms. The van der Waals surface area contributed by atoms with Crippen LogP contribution in [-0.2, 0) is 9.59 Å². The molecule has 0 spiro atoms. The van der Waals surface area contributed by atoms with E-state index in [0.717, 1.165) is 32.4 Å². The van der Waals surface area contributed by atoms with Gasteiger partial charge < -0.3 is 15.0 Å². The topological polar surface area (TPSA) is 79.0 Å². The molecular weight excluding hydrogens is 406 g/mol. The summed E-state index contributed by atoms with van der Waals surface area (Å²) in [5, 5.41) is 3.14. The summed E-state index contributed by atoms with van der Waals surface area (Å²) in [6.07, 6.45) is 3.09. The van der Waals surface area contributed by atoms with E-state index in [1.54, 1.807) is 47.4 Å². The zero-order valence-corrected chi connectivity index (χ0v) is 17.2. The van der Waals surface area contributed by atoms with Crippen molar-refractivity contribution in [3.8, 4) is 5.75 Å². The molecule has 30 heavy (non-hydrogen) atoms. The highest BCUT2D eigenvalue weighted by Gasteiger charge is 2.29. The lowest BCUT2D eigenvalue weighted by Crippen LogP contribution is -2.47. The zero-order valence-electron chi connectivity index (χ0n) is 16.4. The first-order chi connectivity index (χ1) is 14.5. The Morgan fingerprint density at radius 1 is 1.07 bits per heavy atom. The monoisotopic (exact) mass is 427 g/mol. The number of nitrogens with zero attached hydrogens (tertiary/aromatic N) is 2. The van der Waals surface area contributed by atoms with Crippen LogP contribution in [-0.4, -0.2) is 48.9 Å². The number of carbonyl (C=O) groups excluding carboxylic acids is 3. The fraction of sp³-hybridized carbons (Fsp3) is 0.318. The second kappa shape index (κ2) is 8.75. The predicted molar refractivity (Wildman–Crippen MR) is 114 cm³/mol. The third-order valence-corrected chi connectivity index (χ3v) is 5.61. The normalized spacial score (nSPS) is 16.0. The number of nitrogens with one attached hydrogen (secondary N) is 1. The maximum absolute atomic E-state index is 12.7. The molecule has 2 aliphatic rings. The lowest BCUT2D eigenvalue weighted by molar-refractivity contribution is -0.132. The zero-order chi connectivity index (χ0) is 21.1. The molecule has 7 nitrogen and oxygen atoms in total. The number of halogens is 1. The highest BCUT2D eigenvalue weighted by atomic mass is 35.5. The van der Waals surface area contributed by atoms with E-state index < -0.39 is 0 Å². The average Bonchev–Trinajstić information content (AvgIpc) is 2.76. The molecule has 1 N–H and O–H groups in total. The number of hydrogen-bond donors (Lipinski definition) is 1. The van der Waals surface area contributed by atoms with Crippen molar-refractivity contribution in [2.75, 3.05) is 36.5 Å². The molecule has 156 valence electrons. The van der Waals surface area contributed by atoms with Crippen LogP contribution in [0.3, 0.4) is 0 Å². The number of anilines is 2. The first kappa shape index (κ1) is 20.2. The second-order valence-electron chi connectivity index (χ2n) is 7.33. The molecule has 0 saturated carbocycles. The fourth-order valence-electron chi connectivity index (χ4n) is 3.68. The highest BCUT2D eigenvalue weighted by Crippen LogP contribution is 2.35. The van der Waals surface area contributed by atoms with Crippen molar-refractivity contribution in [1.29, 1.82) is 0 Å². The van der Waals surface area contributed by atoms with Crippen LogP contribution >= 0.6 is 11.6 Å². The van der Waals surface area contributed by atoms with Crippen molar-refractivity contribution in [3.63, 3.8) is 0 Å². The highest BCUT2D eigenvalue weighted by molar-refractivity contribution is 6.34. The smallest absolute Gasteiger partial charge is 0.265 e. The van der Waals surface area contributed by atoms with E-state index in [1.807, 2.05) is 0 Å². The van der Waals surface area contributed by atoms with Gasteiger partial charge in [-0.25, -0.2) is 0 Å². The van der Waals surface area contributed by atoms with Crippen LogP contribution in [0, 0.1) is 0 Å². The first-order valence-corrected chi connectivity index (χ1v) is 10.3. The van der Waals surface area contributed by atoms with Crippen molar-refractivity contribution in [2.24, 2.45) is 0 Å². The van der Waals surface area contributed by atoms with E-state index in [9.17, 15) is 14.4 Å². The van der Waals surface area contributed by atoms with Gasteiger partial charge in [0.15, 0.2) is 6.61 Å². The van der Waals surface area contributed by atoms with Crippen LogP contribution in [0.5, 0.6) is 5.75 Å². The van der Waals surface area contributed by atoms with Crippen LogP contribution in [0.4, 0.5) is 11.4 Å². The molecule has 0 unspecified atom stereocenters. The Hall–Kier alpha value is -3.06. The number of ether oxygens (including phenoxy) is 1. The van der Waals surface area contributed by atoms with E-state index in [2.05, 4.69) is 5.32 Å². The minimum atomic E-state index is -0.362. The van der Waals surface area contributed by atoms with Gasteiger partial charge in [-0.2, -0.15) is 0 Å². The second-order valence-corrected chi connectivity index (χ2v) is 7.73. The molecule has 4 rings (SSSR count). The minimum Gasteiger partial charge on any atom is -0.482 e. The summed E-state index contributed by atoms with van der Waals surface area (Å²) >= 11 is 6.10. The number of amides is 3. The Labute approximate surface area is 179 Å². The lowest BCUT2D eigenvalue weighted by atomic mass is 10.1. The van der Waals surface area contributed by atoms with Crippen molar-refractivity contribution >= 4 is 40.7 Å².